The summed E-state index contributed by atoms with van der Waals surface area (Å²) in [6.45, 7) is 18.0. The molecular weight excluding hydrogens is 264 g/mol. The van der Waals surface area contributed by atoms with Gasteiger partial charge in [-0.15, -0.1) is 6.58 Å². The smallest absolute Gasteiger partial charge is 0.135 e. The topological polar surface area (TPSA) is 35.5 Å². The van der Waals surface area contributed by atoms with Crippen LogP contribution in [0.2, 0.25) is 0 Å². The molecule has 0 aromatic heterocycles. The van der Waals surface area contributed by atoms with Crippen LogP contribution in [0.1, 0.15) is 48.5 Å². The molecule has 0 saturated carbocycles. The van der Waals surface area contributed by atoms with E-state index >= 15 is 0 Å². The molecular formula is C18H32O3. The summed E-state index contributed by atoms with van der Waals surface area (Å²) in [4.78, 5) is 11.4. The summed E-state index contributed by atoms with van der Waals surface area (Å²) in [6, 6.07) is 0. The monoisotopic (exact) mass is 296 g/mol. The lowest BCUT2D eigenvalue weighted by Gasteiger charge is -2.23. The SMILES string of the molecule is C=CC(C)C(C)OCC=C(C)C(C)OC(C)C(C)C(C)=O. The molecule has 5 atom stereocenters. The molecule has 0 aliphatic rings. The van der Waals surface area contributed by atoms with E-state index in [9.17, 15) is 4.79 Å². The van der Waals surface area contributed by atoms with Gasteiger partial charge in [-0.3, -0.25) is 4.79 Å². The highest BCUT2D eigenvalue weighted by molar-refractivity contribution is 5.78. The summed E-state index contributed by atoms with van der Waals surface area (Å²) in [7, 11) is 0. The largest absolute Gasteiger partial charge is 0.374 e. The van der Waals surface area contributed by atoms with Gasteiger partial charge in [0.1, 0.15) is 5.78 Å². The predicted molar refractivity (Wildman–Crippen MR) is 88.4 cm³/mol. The van der Waals surface area contributed by atoms with E-state index < -0.39 is 0 Å². The number of ether oxygens (including phenoxy) is 2. The third kappa shape index (κ3) is 7.58. The van der Waals surface area contributed by atoms with Crippen LogP contribution in [0.3, 0.4) is 0 Å². The molecule has 0 aromatic carbocycles. The predicted octanol–water partition coefficient (Wildman–Crippen LogP) is 4.18. The Morgan fingerprint density at radius 1 is 1.10 bits per heavy atom. The van der Waals surface area contributed by atoms with Gasteiger partial charge in [-0.2, -0.15) is 0 Å². The van der Waals surface area contributed by atoms with Gasteiger partial charge in [0.25, 0.3) is 0 Å². The van der Waals surface area contributed by atoms with E-state index in [-0.39, 0.29) is 30.0 Å². The minimum absolute atomic E-state index is 0.0162. The maximum Gasteiger partial charge on any atom is 0.135 e. The van der Waals surface area contributed by atoms with Gasteiger partial charge in [0.2, 0.25) is 0 Å². The molecule has 3 heteroatoms. The molecule has 0 aliphatic carbocycles. The zero-order chi connectivity index (χ0) is 16.6. The Morgan fingerprint density at radius 3 is 2.14 bits per heavy atom. The number of carbonyl (C=O) groups is 1. The Bertz CT molecular complexity index is 359. The lowest BCUT2D eigenvalue weighted by Crippen LogP contribution is -2.28. The summed E-state index contributed by atoms with van der Waals surface area (Å²) in [5, 5.41) is 0. The van der Waals surface area contributed by atoms with E-state index in [1.54, 1.807) is 6.92 Å². The Kier molecular flexibility index (Phi) is 9.47. The van der Waals surface area contributed by atoms with E-state index in [2.05, 4.69) is 13.5 Å². The number of hydrogen-bond acceptors (Lipinski definition) is 3. The van der Waals surface area contributed by atoms with Crippen molar-refractivity contribution in [3.63, 3.8) is 0 Å². The molecule has 0 spiro atoms. The van der Waals surface area contributed by atoms with Crippen molar-refractivity contribution in [2.45, 2.75) is 66.8 Å². The van der Waals surface area contributed by atoms with Crippen LogP contribution in [-0.2, 0) is 14.3 Å². The molecule has 0 bridgehead atoms. The minimum atomic E-state index is -0.0820. The average molecular weight is 296 g/mol. The van der Waals surface area contributed by atoms with E-state index in [4.69, 9.17) is 9.47 Å². The molecule has 0 aliphatic heterocycles. The normalized spacial score (nSPS) is 19.5. The zero-order valence-electron chi connectivity index (χ0n) is 14.7. The van der Waals surface area contributed by atoms with E-state index in [0.29, 0.717) is 12.5 Å². The van der Waals surface area contributed by atoms with Gasteiger partial charge in [0, 0.05) is 5.92 Å². The van der Waals surface area contributed by atoms with Gasteiger partial charge in [-0.05, 0) is 46.1 Å². The quantitative estimate of drug-likeness (QED) is 0.567. The fraction of sp³-hybridized carbons (Fsp3) is 0.722. The van der Waals surface area contributed by atoms with Gasteiger partial charge in [-0.25, -0.2) is 0 Å². The summed E-state index contributed by atoms with van der Waals surface area (Å²) in [5.74, 6) is 0.417. The summed E-state index contributed by atoms with van der Waals surface area (Å²) in [6.07, 6.45) is 4.00. The second-order valence-electron chi connectivity index (χ2n) is 5.96. The van der Waals surface area contributed by atoms with Crippen LogP contribution in [-0.4, -0.2) is 30.7 Å². The van der Waals surface area contributed by atoms with Gasteiger partial charge in [0.15, 0.2) is 0 Å². The number of ketones is 1. The first-order valence-electron chi connectivity index (χ1n) is 7.77. The van der Waals surface area contributed by atoms with Crippen molar-refractivity contribution in [2.24, 2.45) is 11.8 Å². The van der Waals surface area contributed by atoms with Crippen molar-refractivity contribution in [1.29, 1.82) is 0 Å². The lowest BCUT2D eigenvalue weighted by atomic mass is 10.0. The maximum absolute atomic E-state index is 11.4. The third-order valence-electron chi connectivity index (χ3n) is 4.28. The van der Waals surface area contributed by atoms with Gasteiger partial charge >= 0.3 is 0 Å². The summed E-state index contributed by atoms with van der Waals surface area (Å²) >= 11 is 0. The fourth-order valence-electron chi connectivity index (χ4n) is 1.72. The zero-order valence-corrected chi connectivity index (χ0v) is 14.7. The van der Waals surface area contributed by atoms with Crippen molar-refractivity contribution in [3.8, 4) is 0 Å². The number of carbonyl (C=O) groups excluding carboxylic acids is 1. The highest BCUT2D eigenvalue weighted by Crippen LogP contribution is 2.15. The van der Waals surface area contributed by atoms with Gasteiger partial charge < -0.3 is 9.47 Å². The van der Waals surface area contributed by atoms with E-state index in [1.807, 2.05) is 46.8 Å². The second kappa shape index (κ2) is 9.91. The molecule has 3 nitrogen and oxygen atoms in total. The molecule has 0 saturated heterocycles. The minimum Gasteiger partial charge on any atom is -0.374 e. The number of rotatable bonds is 10. The first kappa shape index (κ1) is 20.1. The van der Waals surface area contributed by atoms with Crippen molar-refractivity contribution < 1.29 is 14.3 Å². The van der Waals surface area contributed by atoms with E-state index in [0.717, 1.165) is 5.57 Å². The summed E-state index contributed by atoms with van der Waals surface area (Å²) in [5.41, 5.74) is 1.12. The molecule has 122 valence electrons. The summed E-state index contributed by atoms with van der Waals surface area (Å²) < 4.78 is 11.6. The molecule has 0 N–H and O–H groups in total. The highest BCUT2D eigenvalue weighted by atomic mass is 16.5. The molecule has 0 aromatic rings. The van der Waals surface area contributed by atoms with Gasteiger partial charge in [0.05, 0.1) is 24.9 Å². The molecule has 0 heterocycles. The molecule has 21 heavy (non-hydrogen) atoms. The first-order valence-corrected chi connectivity index (χ1v) is 7.77. The van der Waals surface area contributed by atoms with Crippen molar-refractivity contribution in [3.05, 3.63) is 24.3 Å². The third-order valence-corrected chi connectivity index (χ3v) is 4.28. The molecule has 0 amide bonds. The molecule has 0 fully saturated rings. The van der Waals surface area contributed by atoms with Crippen LogP contribution < -0.4 is 0 Å². The average Bonchev–Trinajstić information content (AvgIpc) is 2.44. The number of hydrogen-bond donors (Lipinski definition) is 0. The highest BCUT2D eigenvalue weighted by Gasteiger charge is 2.20. The molecule has 5 unspecified atom stereocenters. The van der Waals surface area contributed by atoms with Crippen LogP contribution >= 0.6 is 0 Å². The van der Waals surface area contributed by atoms with Crippen molar-refractivity contribution in [2.75, 3.05) is 6.61 Å². The van der Waals surface area contributed by atoms with E-state index in [1.165, 1.54) is 0 Å². The van der Waals surface area contributed by atoms with Crippen LogP contribution in [0.15, 0.2) is 24.3 Å². The van der Waals surface area contributed by atoms with Crippen LogP contribution in [0.5, 0.6) is 0 Å². The van der Waals surface area contributed by atoms with Crippen molar-refractivity contribution >= 4 is 5.78 Å². The van der Waals surface area contributed by atoms with Crippen molar-refractivity contribution in [1.82, 2.24) is 0 Å². The maximum atomic E-state index is 11.4. The second-order valence-corrected chi connectivity index (χ2v) is 5.96. The lowest BCUT2D eigenvalue weighted by molar-refractivity contribution is -0.125. The Balaban J connectivity index is 4.31. The number of Topliss-reactive ketones (excluding diaryl/α,β-unsaturated/α-hetero) is 1. The van der Waals surface area contributed by atoms with Gasteiger partial charge in [-0.1, -0.05) is 26.0 Å². The van der Waals surface area contributed by atoms with Crippen LogP contribution in [0.25, 0.3) is 0 Å². The first-order chi connectivity index (χ1) is 9.70. The standard InChI is InChI=1S/C18H32O3/c1-9-12(2)16(6)20-11-10-13(3)17(7)21-18(8)14(4)15(5)19/h9-10,12,14,16-18H,1,11H2,2-8H3. The molecule has 0 rings (SSSR count). The fourth-order valence-corrected chi connectivity index (χ4v) is 1.72. The Morgan fingerprint density at radius 2 is 1.67 bits per heavy atom. The Labute approximate surface area is 130 Å². The molecule has 0 radical (unpaired) electrons. The Hall–Kier alpha value is -0.930. The van der Waals surface area contributed by atoms with Crippen LogP contribution in [0.4, 0.5) is 0 Å². The van der Waals surface area contributed by atoms with Crippen LogP contribution in [0, 0.1) is 11.8 Å².